The van der Waals surface area contributed by atoms with E-state index in [4.69, 9.17) is 4.74 Å². The van der Waals surface area contributed by atoms with E-state index in [0.717, 1.165) is 10.7 Å². The Kier molecular flexibility index (Phi) is 4.06. The van der Waals surface area contributed by atoms with Gasteiger partial charge < -0.3 is 4.74 Å². The smallest absolute Gasteiger partial charge is 0.0656 e. The molecule has 18 heavy (non-hydrogen) atoms. The molecule has 0 saturated heterocycles. The first-order valence-electron chi connectivity index (χ1n) is 8.04. The predicted molar refractivity (Wildman–Crippen MR) is 79.1 cm³/mol. The molecule has 0 bridgehead atoms. The lowest BCUT2D eigenvalue weighted by Crippen LogP contribution is -2.55. The van der Waals surface area contributed by atoms with Crippen LogP contribution in [-0.4, -0.2) is 17.0 Å². The Morgan fingerprint density at radius 3 is 2.56 bits per heavy atom. The molecule has 0 radical (unpaired) electrons. The minimum absolute atomic E-state index is 0.527. The van der Waals surface area contributed by atoms with Gasteiger partial charge in [0.05, 0.1) is 12.2 Å². The second kappa shape index (κ2) is 5.44. The molecule has 104 valence electrons. The van der Waals surface area contributed by atoms with Gasteiger partial charge in [0.1, 0.15) is 0 Å². The van der Waals surface area contributed by atoms with Crippen LogP contribution in [-0.2, 0) is 4.74 Å². The molecular weight excluding hydrogens is 288 g/mol. The standard InChI is InChI=1S/C16H27BrO/c1-2-12-6-5-7-13(10-12)18-15-11-14(17)16(15)8-3-4-9-16/h12-15H,2-11H2,1H3. The summed E-state index contributed by atoms with van der Waals surface area (Å²) < 4.78 is 6.54. The van der Waals surface area contributed by atoms with Gasteiger partial charge in [-0.3, -0.25) is 0 Å². The quantitative estimate of drug-likeness (QED) is 0.661. The molecular formula is C16H27BrO. The third-order valence-corrected chi connectivity index (χ3v) is 7.17. The van der Waals surface area contributed by atoms with Gasteiger partial charge in [-0.05, 0) is 38.0 Å². The number of rotatable bonds is 3. The summed E-state index contributed by atoms with van der Waals surface area (Å²) in [7, 11) is 0. The maximum Gasteiger partial charge on any atom is 0.0656 e. The Balaban J connectivity index is 1.56. The molecule has 2 heteroatoms. The Bertz CT molecular complexity index is 285. The zero-order chi connectivity index (χ0) is 12.6. The van der Waals surface area contributed by atoms with E-state index in [-0.39, 0.29) is 0 Å². The summed E-state index contributed by atoms with van der Waals surface area (Å²) in [6.45, 7) is 2.34. The van der Waals surface area contributed by atoms with Crippen LogP contribution in [0.2, 0.25) is 0 Å². The minimum atomic E-state index is 0.527. The predicted octanol–water partition coefficient (Wildman–Crippen LogP) is 5.07. The van der Waals surface area contributed by atoms with Crippen molar-refractivity contribution < 1.29 is 4.74 Å². The molecule has 3 fully saturated rings. The summed E-state index contributed by atoms with van der Waals surface area (Å²) in [6, 6.07) is 0. The molecule has 4 atom stereocenters. The first kappa shape index (κ1) is 13.4. The zero-order valence-corrected chi connectivity index (χ0v) is 13.3. The highest BCUT2D eigenvalue weighted by Gasteiger charge is 2.56. The fourth-order valence-electron chi connectivity index (χ4n) is 4.53. The third kappa shape index (κ3) is 2.28. The van der Waals surface area contributed by atoms with E-state index in [0.29, 0.717) is 17.6 Å². The van der Waals surface area contributed by atoms with Crippen molar-refractivity contribution in [3.05, 3.63) is 0 Å². The number of halogens is 1. The van der Waals surface area contributed by atoms with Gasteiger partial charge in [-0.25, -0.2) is 0 Å². The number of alkyl halides is 1. The molecule has 4 unspecified atom stereocenters. The van der Waals surface area contributed by atoms with Gasteiger partial charge in [0.15, 0.2) is 0 Å². The van der Waals surface area contributed by atoms with Crippen molar-refractivity contribution in [3.63, 3.8) is 0 Å². The lowest BCUT2D eigenvalue weighted by Gasteiger charge is -2.53. The molecule has 3 aliphatic carbocycles. The van der Waals surface area contributed by atoms with Crippen molar-refractivity contribution in [2.24, 2.45) is 11.3 Å². The van der Waals surface area contributed by atoms with E-state index in [9.17, 15) is 0 Å². The van der Waals surface area contributed by atoms with Crippen molar-refractivity contribution in [1.82, 2.24) is 0 Å². The highest BCUT2D eigenvalue weighted by Crippen LogP contribution is 2.58. The van der Waals surface area contributed by atoms with Gasteiger partial charge in [-0.15, -0.1) is 0 Å². The van der Waals surface area contributed by atoms with Gasteiger partial charge in [-0.1, -0.05) is 55.0 Å². The van der Waals surface area contributed by atoms with E-state index in [1.165, 1.54) is 64.2 Å². The van der Waals surface area contributed by atoms with E-state index in [1.54, 1.807) is 0 Å². The average Bonchev–Trinajstić information content (AvgIpc) is 2.91. The van der Waals surface area contributed by atoms with Crippen molar-refractivity contribution in [2.75, 3.05) is 0 Å². The second-order valence-corrected chi connectivity index (χ2v) is 7.94. The van der Waals surface area contributed by atoms with Crippen LogP contribution in [0.25, 0.3) is 0 Å². The number of ether oxygens (including phenoxy) is 1. The summed E-state index contributed by atoms with van der Waals surface area (Å²) in [4.78, 5) is 0.739. The van der Waals surface area contributed by atoms with E-state index < -0.39 is 0 Å². The molecule has 1 nitrogen and oxygen atoms in total. The zero-order valence-electron chi connectivity index (χ0n) is 11.7. The van der Waals surface area contributed by atoms with E-state index in [1.807, 2.05) is 0 Å². The fourth-order valence-corrected chi connectivity index (χ4v) is 5.62. The molecule has 0 aromatic rings. The van der Waals surface area contributed by atoms with Crippen LogP contribution < -0.4 is 0 Å². The molecule has 3 aliphatic rings. The van der Waals surface area contributed by atoms with Gasteiger partial charge in [0.25, 0.3) is 0 Å². The normalized spacial score (nSPS) is 43.0. The van der Waals surface area contributed by atoms with Gasteiger partial charge >= 0.3 is 0 Å². The molecule has 0 aliphatic heterocycles. The van der Waals surface area contributed by atoms with Gasteiger partial charge in [0.2, 0.25) is 0 Å². The molecule has 0 amide bonds. The summed E-state index contributed by atoms with van der Waals surface area (Å²) in [6.07, 6.45) is 14.9. The topological polar surface area (TPSA) is 9.23 Å². The molecule has 3 saturated carbocycles. The van der Waals surface area contributed by atoms with Gasteiger partial charge in [0, 0.05) is 10.2 Å². The van der Waals surface area contributed by atoms with E-state index in [2.05, 4.69) is 22.9 Å². The number of hydrogen-bond acceptors (Lipinski definition) is 1. The average molecular weight is 315 g/mol. The number of hydrogen-bond donors (Lipinski definition) is 0. The third-order valence-electron chi connectivity index (χ3n) is 5.89. The minimum Gasteiger partial charge on any atom is -0.374 e. The van der Waals surface area contributed by atoms with Crippen molar-refractivity contribution in [3.8, 4) is 0 Å². The highest BCUT2D eigenvalue weighted by molar-refractivity contribution is 9.09. The Labute approximate surface area is 120 Å². The molecule has 0 N–H and O–H groups in total. The first-order chi connectivity index (χ1) is 8.74. The molecule has 1 spiro atoms. The first-order valence-corrected chi connectivity index (χ1v) is 8.95. The molecule has 3 rings (SSSR count). The van der Waals surface area contributed by atoms with Crippen LogP contribution in [0.1, 0.15) is 71.1 Å². The van der Waals surface area contributed by atoms with Crippen LogP contribution in [0, 0.1) is 11.3 Å². The summed E-state index contributed by atoms with van der Waals surface area (Å²) >= 11 is 3.89. The molecule has 0 aromatic heterocycles. The lowest BCUT2D eigenvalue weighted by atomic mass is 9.64. The van der Waals surface area contributed by atoms with Crippen molar-refractivity contribution in [1.29, 1.82) is 0 Å². The lowest BCUT2D eigenvalue weighted by molar-refractivity contribution is -0.145. The fraction of sp³-hybridized carbons (Fsp3) is 1.00. The van der Waals surface area contributed by atoms with Crippen LogP contribution >= 0.6 is 15.9 Å². The Morgan fingerprint density at radius 1 is 1.11 bits per heavy atom. The monoisotopic (exact) mass is 314 g/mol. The van der Waals surface area contributed by atoms with Crippen molar-refractivity contribution in [2.45, 2.75) is 88.2 Å². The van der Waals surface area contributed by atoms with Crippen LogP contribution in [0.4, 0.5) is 0 Å². The van der Waals surface area contributed by atoms with Gasteiger partial charge in [-0.2, -0.15) is 0 Å². The van der Waals surface area contributed by atoms with Crippen LogP contribution in [0.3, 0.4) is 0 Å². The SMILES string of the molecule is CCC1CCCC(OC2CC(Br)C23CCCC3)C1. The molecule has 0 heterocycles. The highest BCUT2D eigenvalue weighted by atomic mass is 79.9. The summed E-state index contributed by atoms with van der Waals surface area (Å²) in [5.41, 5.74) is 0.527. The summed E-state index contributed by atoms with van der Waals surface area (Å²) in [5, 5.41) is 0. The maximum atomic E-state index is 6.54. The van der Waals surface area contributed by atoms with Crippen LogP contribution in [0.15, 0.2) is 0 Å². The summed E-state index contributed by atoms with van der Waals surface area (Å²) in [5.74, 6) is 0.933. The Morgan fingerprint density at radius 2 is 1.89 bits per heavy atom. The Hall–Kier alpha value is 0.440. The maximum absolute atomic E-state index is 6.54. The second-order valence-electron chi connectivity index (χ2n) is 6.83. The molecule has 0 aromatic carbocycles. The van der Waals surface area contributed by atoms with Crippen molar-refractivity contribution >= 4 is 15.9 Å². The van der Waals surface area contributed by atoms with E-state index >= 15 is 0 Å². The van der Waals surface area contributed by atoms with Crippen LogP contribution in [0.5, 0.6) is 0 Å². The largest absolute Gasteiger partial charge is 0.374 e.